The second kappa shape index (κ2) is 7.33. The van der Waals surface area contributed by atoms with Gasteiger partial charge in [0.25, 0.3) is 0 Å². The molecular formula is C16H23NO5S2. The lowest BCUT2D eigenvalue weighted by molar-refractivity contribution is -0.146. The van der Waals surface area contributed by atoms with Gasteiger partial charge in [0.15, 0.2) is 0 Å². The molecule has 0 spiro atoms. The molecule has 6 nitrogen and oxygen atoms in total. The SMILES string of the molecule is COC(=O)[C@@H]1N(S(=O)(=O)c2ccc(OC)cc2)CCCSC1(C)C. The molecule has 1 atom stereocenters. The quantitative estimate of drug-likeness (QED) is 0.753. The highest BCUT2D eigenvalue weighted by atomic mass is 32.2. The summed E-state index contributed by atoms with van der Waals surface area (Å²) in [7, 11) is -1.02. The zero-order valence-electron chi connectivity index (χ0n) is 14.3. The number of ether oxygens (including phenoxy) is 2. The minimum Gasteiger partial charge on any atom is -0.497 e. The van der Waals surface area contributed by atoms with E-state index >= 15 is 0 Å². The first-order valence-electron chi connectivity index (χ1n) is 7.61. The topological polar surface area (TPSA) is 72.9 Å². The lowest BCUT2D eigenvalue weighted by atomic mass is 10.0. The average molecular weight is 373 g/mol. The molecule has 24 heavy (non-hydrogen) atoms. The molecule has 8 heteroatoms. The van der Waals surface area contributed by atoms with Gasteiger partial charge in [-0.2, -0.15) is 16.1 Å². The van der Waals surface area contributed by atoms with Crippen LogP contribution in [-0.2, 0) is 19.6 Å². The minimum atomic E-state index is -3.82. The molecule has 0 aliphatic carbocycles. The van der Waals surface area contributed by atoms with E-state index in [9.17, 15) is 13.2 Å². The maximum Gasteiger partial charge on any atom is 0.325 e. The Morgan fingerprint density at radius 3 is 2.42 bits per heavy atom. The van der Waals surface area contributed by atoms with Crippen LogP contribution in [0.3, 0.4) is 0 Å². The van der Waals surface area contributed by atoms with E-state index in [1.807, 2.05) is 13.8 Å². The zero-order valence-corrected chi connectivity index (χ0v) is 15.9. The van der Waals surface area contributed by atoms with Crippen molar-refractivity contribution in [3.63, 3.8) is 0 Å². The van der Waals surface area contributed by atoms with Crippen molar-refractivity contribution in [2.75, 3.05) is 26.5 Å². The normalized spacial score (nSPS) is 21.8. The molecular weight excluding hydrogens is 350 g/mol. The van der Waals surface area contributed by atoms with E-state index < -0.39 is 26.8 Å². The third-order valence-corrected chi connectivity index (χ3v) is 7.37. The van der Waals surface area contributed by atoms with Crippen LogP contribution in [0.15, 0.2) is 29.2 Å². The number of esters is 1. The van der Waals surface area contributed by atoms with Gasteiger partial charge in [0.05, 0.1) is 19.1 Å². The molecule has 1 aromatic carbocycles. The maximum atomic E-state index is 13.1. The number of nitrogens with zero attached hydrogens (tertiary/aromatic N) is 1. The molecule has 0 unspecified atom stereocenters. The number of rotatable bonds is 4. The smallest absolute Gasteiger partial charge is 0.325 e. The van der Waals surface area contributed by atoms with E-state index in [1.165, 1.54) is 30.7 Å². The van der Waals surface area contributed by atoms with Gasteiger partial charge in [0.2, 0.25) is 10.0 Å². The van der Waals surface area contributed by atoms with Crippen LogP contribution in [0, 0.1) is 0 Å². The van der Waals surface area contributed by atoms with Crippen LogP contribution in [0.4, 0.5) is 0 Å². The van der Waals surface area contributed by atoms with Gasteiger partial charge in [-0.3, -0.25) is 4.79 Å². The van der Waals surface area contributed by atoms with Crippen molar-refractivity contribution >= 4 is 27.8 Å². The Hall–Kier alpha value is -1.25. The van der Waals surface area contributed by atoms with Crippen LogP contribution >= 0.6 is 11.8 Å². The first-order valence-corrected chi connectivity index (χ1v) is 10.0. The summed E-state index contributed by atoms with van der Waals surface area (Å²) in [6.07, 6.45) is 0.678. The number of hydrogen-bond acceptors (Lipinski definition) is 6. The number of benzene rings is 1. The standard InChI is InChI=1S/C16H23NO5S2/c1-16(2)14(15(18)22-4)17(10-5-11-23-16)24(19,20)13-8-6-12(21-3)7-9-13/h6-9,14H,5,10-11H2,1-4H3/t14-/m0/s1. The first kappa shape index (κ1) is 19.1. The molecule has 0 saturated carbocycles. The number of carbonyl (C=O) groups is 1. The number of carbonyl (C=O) groups excluding carboxylic acids is 1. The number of thioether (sulfide) groups is 1. The largest absolute Gasteiger partial charge is 0.497 e. The molecule has 1 saturated heterocycles. The highest BCUT2D eigenvalue weighted by molar-refractivity contribution is 8.00. The van der Waals surface area contributed by atoms with Gasteiger partial charge in [-0.05, 0) is 50.3 Å². The van der Waals surface area contributed by atoms with Gasteiger partial charge in [-0.15, -0.1) is 0 Å². The van der Waals surface area contributed by atoms with E-state index in [0.717, 1.165) is 5.75 Å². The average Bonchev–Trinajstić information content (AvgIpc) is 2.72. The summed E-state index contributed by atoms with van der Waals surface area (Å²) in [6.45, 7) is 4.03. The molecule has 0 N–H and O–H groups in total. The molecule has 134 valence electrons. The molecule has 1 aliphatic heterocycles. The second-order valence-electron chi connectivity index (χ2n) is 6.02. The maximum absolute atomic E-state index is 13.1. The van der Waals surface area contributed by atoms with Crippen LogP contribution in [0.25, 0.3) is 0 Å². The van der Waals surface area contributed by atoms with E-state index in [2.05, 4.69) is 0 Å². The fourth-order valence-electron chi connectivity index (χ4n) is 2.77. The van der Waals surface area contributed by atoms with E-state index in [-0.39, 0.29) is 11.4 Å². The van der Waals surface area contributed by atoms with Crippen molar-refractivity contribution in [1.82, 2.24) is 4.31 Å². The molecule has 0 aromatic heterocycles. The Labute approximate surface area is 147 Å². The van der Waals surface area contributed by atoms with E-state index in [1.54, 1.807) is 23.9 Å². The summed E-state index contributed by atoms with van der Waals surface area (Å²) < 4.78 is 36.9. The number of hydrogen-bond donors (Lipinski definition) is 0. The predicted molar refractivity (Wildman–Crippen MR) is 93.8 cm³/mol. The highest BCUT2D eigenvalue weighted by Gasteiger charge is 2.47. The van der Waals surface area contributed by atoms with Gasteiger partial charge in [0.1, 0.15) is 11.8 Å². The van der Waals surface area contributed by atoms with Crippen LogP contribution in [-0.4, -0.2) is 56.0 Å². The van der Waals surface area contributed by atoms with Crippen LogP contribution in [0.1, 0.15) is 20.3 Å². The molecule has 1 heterocycles. The van der Waals surface area contributed by atoms with Crippen LogP contribution in [0.2, 0.25) is 0 Å². The molecule has 0 bridgehead atoms. The Kier molecular flexibility index (Phi) is 5.83. The highest BCUT2D eigenvalue weighted by Crippen LogP contribution is 2.38. The van der Waals surface area contributed by atoms with Crippen LogP contribution < -0.4 is 4.74 Å². The summed E-state index contributed by atoms with van der Waals surface area (Å²) in [5, 5.41) is 0. The Morgan fingerprint density at radius 1 is 1.25 bits per heavy atom. The zero-order chi connectivity index (χ0) is 18.0. The monoisotopic (exact) mass is 373 g/mol. The third kappa shape index (κ3) is 3.70. The summed E-state index contributed by atoms with van der Waals surface area (Å²) >= 11 is 1.59. The van der Waals surface area contributed by atoms with E-state index in [0.29, 0.717) is 12.2 Å². The summed E-state index contributed by atoms with van der Waals surface area (Å²) in [5.74, 6) is 0.825. The van der Waals surface area contributed by atoms with Crippen molar-refractivity contribution in [1.29, 1.82) is 0 Å². The summed E-state index contributed by atoms with van der Waals surface area (Å²) in [5.41, 5.74) is 0. The Bertz CT molecular complexity index is 685. The van der Waals surface area contributed by atoms with Crippen molar-refractivity contribution in [2.24, 2.45) is 0 Å². The third-order valence-electron chi connectivity index (χ3n) is 4.03. The molecule has 1 fully saturated rings. The Morgan fingerprint density at radius 2 is 1.88 bits per heavy atom. The van der Waals surface area contributed by atoms with Gasteiger partial charge in [-0.1, -0.05) is 0 Å². The first-order chi connectivity index (χ1) is 11.2. The van der Waals surface area contributed by atoms with Crippen molar-refractivity contribution in [2.45, 2.75) is 36.0 Å². The van der Waals surface area contributed by atoms with Crippen molar-refractivity contribution in [3.05, 3.63) is 24.3 Å². The molecule has 1 aromatic rings. The van der Waals surface area contributed by atoms with Crippen LogP contribution in [0.5, 0.6) is 5.75 Å². The van der Waals surface area contributed by atoms with E-state index in [4.69, 9.17) is 9.47 Å². The Balaban J connectivity index is 2.48. The van der Waals surface area contributed by atoms with Crippen molar-refractivity contribution in [3.8, 4) is 5.75 Å². The summed E-state index contributed by atoms with van der Waals surface area (Å²) in [6, 6.07) is 5.30. The minimum absolute atomic E-state index is 0.139. The lowest BCUT2D eigenvalue weighted by Crippen LogP contribution is -2.54. The molecule has 0 radical (unpaired) electrons. The second-order valence-corrected chi connectivity index (χ2v) is 9.66. The summed E-state index contributed by atoms with van der Waals surface area (Å²) in [4.78, 5) is 12.5. The molecule has 0 amide bonds. The number of sulfonamides is 1. The van der Waals surface area contributed by atoms with Gasteiger partial charge < -0.3 is 9.47 Å². The van der Waals surface area contributed by atoms with Gasteiger partial charge in [0, 0.05) is 11.3 Å². The predicted octanol–water partition coefficient (Wildman–Crippen LogP) is 2.14. The molecule has 2 rings (SSSR count). The number of methoxy groups -OCH3 is 2. The fraction of sp³-hybridized carbons (Fsp3) is 0.562. The van der Waals surface area contributed by atoms with Crippen molar-refractivity contribution < 1.29 is 22.7 Å². The van der Waals surface area contributed by atoms with Gasteiger partial charge >= 0.3 is 5.97 Å². The van der Waals surface area contributed by atoms with Gasteiger partial charge in [-0.25, -0.2) is 8.42 Å². The fourth-order valence-corrected chi connectivity index (χ4v) is 5.76. The molecule has 1 aliphatic rings. The lowest BCUT2D eigenvalue weighted by Gasteiger charge is -2.36.